The third kappa shape index (κ3) is 4.42. The van der Waals surface area contributed by atoms with Crippen LogP contribution in [0.15, 0.2) is 66.9 Å². The minimum absolute atomic E-state index is 0.190. The van der Waals surface area contributed by atoms with E-state index in [1.54, 1.807) is 0 Å². The summed E-state index contributed by atoms with van der Waals surface area (Å²) >= 11 is 0. The van der Waals surface area contributed by atoms with E-state index >= 15 is 0 Å². The molecule has 28 heavy (non-hydrogen) atoms. The molecular formula is C23H25N3O2. The molecule has 1 aliphatic carbocycles. The normalized spacial score (nSPS) is 14.6. The third-order valence-corrected chi connectivity index (χ3v) is 5.14. The summed E-state index contributed by atoms with van der Waals surface area (Å²) in [7, 11) is 0. The number of carbonyl (C=O) groups excluding carboxylic acids is 1. The first-order valence-corrected chi connectivity index (χ1v) is 9.92. The zero-order chi connectivity index (χ0) is 19.2. The van der Waals surface area contributed by atoms with E-state index in [2.05, 4.69) is 5.32 Å². The molecule has 1 fully saturated rings. The second kappa shape index (κ2) is 8.74. The summed E-state index contributed by atoms with van der Waals surface area (Å²) in [5.74, 6) is 0. The summed E-state index contributed by atoms with van der Waals surface area (Å²) in [6, 6.07) is 20.2. The zero-order valence-electron chi connectivity index (χ0n) is 15.9. The largest absolute Gasteiger partial charge is 0.445 e. The van der Waals surface area contributed by atoms with Crippen LogP contribution in [0.25, 0.3) is 16.9 Å². The Bertz CT molecular complexity index is 900. The lowest BCUT2D eigenvalue weighted by Gasteiger charge is -2.22. The summed E-state index contributed by atoms with van der Waals surface area (Å²) in [5, 5.41) is 7.75. The number of alkyl carbamates (subject to hydrolysis) is 1. The Morgan fingerprint density at radius 1 is 1.00 bits per heavy atom. The van der Waals surface area contributed by atoms with Gasteiger partial charge in [0.2, 0.25) is 0 Å². The number of aromatic nitrogens is 2. The second-order valence-corrected chi connectivity index (χ2v) is 7.20. The van der Waals surface area contributed by atoms with Gasteiger partial charge < -0.3 is 10.1 Å². The first kappa shape index (κ1) is 18.3. The number of ether oxygens (including phenoxy) is 1. The molecule has 0 atom stereocenters. The average Bonchev–Trinajstić information content (AvgIpc) is 3.19. The molecule has 0 unspecified atom stereocenters. The molecule has 0 aliphatic heterocycles. The van der Waals surface area contributed by atoms with E-state index in [1.165, 1.54) is 19.3 Å². The SMILES string of the molecule is O=C(NC1CCCCC1)OCc1cn(-c2ccccc2)nc1-c1ccccc1. The first-order chi connectivity index (χ1) is 13.8. The Labute approximate surface area is 165 Å². The molecule has 3 aromatic rings. The fourth-order valence-electron chi connectivity index (χ4n) is 3.67. The maximum Gasteiger partial charge on any atom is 0.407 e. The van der Waals surface area contributed by atoms with Crippen LogP contribution in [0.3, 0.4) is 0 Å². The van der Waals surface area contributed by atoms with Crippen molar-refractivity contribution in [2.24, 2.45) is 0 Å². The zero-order valence-corrected chi connectivity index (χ0v) is 15.9. The minimum atomic E-state index is -0.349. The van der Waals surface area contributed by atoms with Crippen molar-refractivity contribution < 1.29 is 9.53 Å². The Kier molecular flexibility index (Phi) is 5.71. The average molecular weight is 375 g/mol. The molecule has 1 heterocycles. The lowest BCUT2D eigenvalue weighted by atomic mass is 9.96. The monoisotopic (exact) mass is 375 g/mol. The fraction of sp³-hybridized carbons (Fsp3) is 0.304. The molecule has 4 rings (SSSR count). The molecule has 5 nitrogen and oxygen atoms in total. The van der Waals surface area contributed by atoms with E-state index in [1.807, 2.05) is 71.5 Å². The Hall–Kier alpha value is -3.08. The fourth-order valence-corrected chi connectivity index (χ4v) is 3.67. The van der Waals surface area contributed by atoms with Crippen LogP contribution in [-0.4, -0.2) is 21.9 Å². The van der Waals surface area contributed by atoms with Gasteiger partial charge in [0, 0.05) is 23.4 Å². The van der Waals surface area contributed by atoms with Crippen molar-refractivity contribution >= 4 is 6.09 Å². The molecule has 1 aromatic heterocycles. The van der Waals surface area contributed by atoms with Crippen LogP contribution in [0, 0.1) is 0 Å². The van der Waals surface area contributed by atoms with Crippen molar-refractivity contribution in [2.75, 3.05) is 0 Å². The van der Waals surface area contributed by atoms with E-state index in [0.29, 0.717) is 0 Å². The molecule has 1 aliphatic rings. The van der Waals surface area contributed by atoms with Gasteiger partial charge in [-0.2, -0.15) is 5.10 Å². The summed E-state index contributed by atoms with van der Waals surface area (Å²) in [6.45, 7) is 0.190. The van der Waals surface area contributed by atoms with Crippen molar-refractivity contribution in [2.45, 2.75) is 44.8 Å². The topological polar surface area (TPSA) is 56.1 Å². The Morgan fingerprint density at radius 3 is 2.39 bits per heavy atom. The van der Waals surface area contributed by atoms with Gasteiger partial charge in [0.15, 0.2) is 0 Å². The highest BCUT2D eigenvalue weighted by Crippen LogP contribution is 2.24. The van der Waals surface area contributed by atoms with Crippen molar-refractivity contribution in [3.8, 4) is 16.9 Å². The maximum atomic E-state index is 12.2. The van der Waals surface area contributed by atoms with Crippen molar-refractivity contribution in [1.29, 1.82) is 0 Å². The van der Waals surface area contributed by atoms with Gasteiger partial charge in [-0.15, -0.1) is 0 Å². The number of benzene rings is 2. The van der Waals surface area contributed by atoms with Crippen LogP contribution in [0.2, 0.25) is 0 Å². The number of nitrogens with one attached hydrogen (secondary N) is 1. The molecular weight excluding hydrogens is 350 g/mol. The molecule has 1 saturated carbocycles. The number of para-hydroxylation sites is 1. The highest BCUT2D eigenvalue weighted by Gasteiger charge is 2.18. The first-order valence-electron chi connectivity index (χ1n) is 9.92. The molecule has 5 heteroatoms. The van der Waals surface area contributed by atoms with Gasteiger partial charge in [-0.25, -0.2) is 9.48 Å². The molecule has 0 bridgehead atoms. The second-order valence-electron chi connectivity index (χ2n) is 7.20. The van der Waals surface area contributed by atoms with E-state index in [0.717, 1.165) is 35.3 Å². The van der Waals surface area contributed by atoms with Gasteiger partial charge in [-0.1, -0.05) is 67.8 Å². The van der Waals surface area contributed by atoms with Gasteiger partial charge in [0.05, 0.1) is 11.4 Å². The molecule has 0 spiro atoms. The molecule has 144 valence electrons. The predicted octanol–water partition coefficient (Wildman–Crippen LogP) is 5.10. The molecule has 1 amide bonds. The highest BCUT2D eigenvalue weighted by atomic mass is 16.5. The van der Waals surface area contributed by atoms with Crippen LogP contribution < -0.4 is 5.32 Å². The van der Waals surface area contributed by atoms with E-state index in [-0.39, 0.29) is 18.7 Å². The standard InChI is InChI=1S/C23H25N3O2/c27-23(24-20-12-6-2-7-13-20)28-17-19-16-26(21-14-8-3-9-15-21)25-22(19)18-10-4-1-5-11-18/h1,3-5,8-11,14-16,20H,2,6-7,12-13,17H2,(H,24,27). The van der Waals surface area contributed by atoms with E-state index in [4.69, 9.17) is 9.84 Å². The van der Waals surface area contributed by atoms with Crippen LogP contribution in [0.5, 0.6) is 0 Å². The van der Waals surface area contributed by atoms with Crippen LogP contribution in [0.4, 0.5) is 4.79 Å². The summed E-state index contributed by atoms with van der Waals surface area (Å²) in [4.78, 5) is 12.2. The van der Waals surface area contributed by atoms with Gasteiger partial charge in [0.1, 0.15) is 6.61 Å². The molecule has 2 aromatic carbocycles. The Balaban J connectivity index is 1.51. The highest BCUT2D eigenvalue weighted by molar-refractivity contribution is 5.68. The summed E-state index contributed by atoms with van der Waals surface area (Å²) < 4.78 is 7.37. The number of rotatable bonds is 5. The number of nitrogens with zero attached hydrogens (tertiary/aromatic N) is 2. The van der Waals surface area contributed by atoms with Gasteiger partial charge in [-0.05, 0) is 25.0 Å². The van der Waals surface area contributed by atoms with Gasteiger partial charge in [0.25, 0.3) is 0 Å². The smallest absolute Gasteiger partial charge is 0.407 e. The summed E-state index contributed by atoms with van der Waals surface area (Å²) in [5.41, 5.74) is 3.69. The molecule has 1 N–H and O–H groups in total. The molecule has 0 radical (unpaired) electrons. The Morgan fingerprint density at radius 2 is 1.68 bits per heavy atom. The van der Waals surface area contributed by atoms with E-state index < -0.39 is 0 Å². The van der Waals surface area contributed by atoms with Gasteiger partial charge in [-0.3, -0.25) is 0 Å². The van der Waals surface area contributed by atoms with Gasteiger partial charge >= 0.3 is 6.09 Å². The van der Waals surface area contributed by atoms with Crippen molar-refractivity contribution in [3.05, 3.63) is 72.4 Å². The lowest BCUT2D eigenvalue weighted by molar-refractivity contribution is 0.133. The number of carbonyl (C=O) groups is 1. The predicted molar refractivity (Wildman–Crippen MR) is 109 cm³/mol. The van der Waals surface area contributed by atoms with E-state index in [9.17, 15) is 4.79 Å². The number of amides is 1. The van der Waals surface area contributed by atoms with Crippen LogP contribution in [0.1, 0.15) is 37.7 Å². The maximum absolute atomic E-state index is 12.2. The van der Waals surface area contributed by atoms with Crippen molar-refractivity contribution in [3.63, 3.8) is 0 Å². The minimum Gasteiger partial charge on any atom is -0.445 e. The van der Waals surface area contributed by atoms with Crippen molar-refractivity contribution in [1.82, 2.24) is 15.1 Å². The van der Waals surface area contributed by atoms with Crippen LogP contribution in [-0.2, 0) is 11.3 Å². The quantitative estimate of drug-likeness (QED) is 0.675. The summed E-state index contributed by atoms with van der Waals surface area (Å²) in [6.07, 6.45) is 7.27. The molecule has 0 saturated heterocycles. The third-order valence-electron chi connectivity index (χ3n) is 5.14. The number of hydrogen-bond donors (Lipinski definition) is 1. The number of hydrogen-bond acceptors (Lipinski definition) is 3. The lowest BCUT2D eigenvalue weighted by Crippen LogP contribution is -2.36. The van der Waals surface area contributed by atoms with Crippen LogP contribution >= 0.6 is 0 Å².